The van der Waals surface area contributed by atoms with E-state index >= 15 is 0 Å². The van der Waals surface area contributed by atoms with E-state index in [0.29, 0.717) is 0 Å². The Morgan fingerprint density at radius 1 is 0.667 bits per heavy atom. The first-order valence-electron chi connectivity index (χ1n) is 1.41. The van der Waals surface area contributed by atoms with Crippen LogP contribution in [0.3, 0.4) is 0 Å². The van der Waals surface area contributed by atoms with Crippen molar-refractivity contribution < 1.29 is 2.74 Å². The molecule has 0 atom stereocenters. The summed E-state index contributed by atoms with van der Waals surface area (Å²) in [6.45, 7) is 0. The lowest BCUT2D eigenvalue weighted by atomic mass is 12.0. The van der Waals surface area contributed by atoms with Crippen molar-refractivity contribution in [2.75, 3.05) is 0 Å². The van der Waals surface area contributed by atoms with Crippen molar-refractivity contribution >= 4 is 0 Å². The number of rotatable bonds is 0. The molecule has 6 heavy (non-hydrogen) atoms. The lowest BCUT2D eigenvalue weighted by Gasteiger charge is -0.0786. The minimum Gasteiger partial charge on any atom is -0.0776 e. The molecule has 0 radical (unpaired) electrons. The predicted octanol–water partition coefficient (Wildman–Crippen LogP) is 3.82. The van der Waals surface area contributed by atoms with Gasteiger partial charge in [0.2, 0.25) is 0 Å². The smallest absolute Gasteiger partial charge is 0.0194 e. The molecule has 0 heteroatoms. The summed E-state index contributed by atoms with van der Waals surface area (Å²) in [5, 5.41) is 0. The van der Waals surface area contributed by atoms with Gasteiger partial charge in [-0.1, -0.05) is 44.5 Å². The van der Waals surface area contributed by atoms with Gasteiger partial charge in [0.15, 0.2) is 0 Å². The van der Waals surface area contributed by atoms with E-state index in [4.69, 9.17) is 2.74 Å². The van der Waals surface area contributed by atoms with Crippen LogP contribution in [0.2, 0.25) is 0 Å². The molecule has 0 aliphatic rings. The number of hydrogen-bond donors (Lipinski definition) is 0. The molecule has 0 N–H and O–H groups in total. The average Bonchev–Trinajstić information content (AvgIpc) is 0.918. The van der Waals surface area contributed by atoms with E-state index in [9.17, 15) is 0 Å². The van der Waals surface area contributed by atoms with Crippen LogP contribution >= 0.6 is 0 Å². The van der Waals surface area contributed by atoms with Crippen LogP contribution in [0.5, 0.6) is 0 Å². The van der Waals surface area contributed by atoms with E-state index in [1.54, 1.807) is 0 Å². The van der Waals surface area contributed by atoms with Crippen molar-refractivity contribution in [3.8, 4) is 0 Å². The van der Waals surface area contributed by atoms with Crippen LogP contribution in [0.4, 0.5) is 0 Å². The molecule has 0 amide bonds. The molecule has 0 spiro atoms. The lowest BCUT2D eigenvalue weighted by molar-refractivity contribution is 2.50. The van der Waals surface area contributed by atoms with Gasteiger partial charge in [-0.3, -0.25) is 0 Å². The molecule has 0 aromatic carbocycles. The third-order valence-electron chi connectivity index (χ3n) is 0. The van der Waals surface area contributed by atoms with Crippen LogP contribution in [-0.2, 0) is 0 Å². The van der Waals surface area contributed by atoms with E-state index in [1.807, 2.05) is 0 Å². The lowest BCUT2D eigenvalue weighted by Crippen LogP contribution is 0.143. The Hall–Kier alpha value is 0. The second kappa shape index (κ2) is 0. The molecule has 0 rings (SSSR count). The minimum absolute atomic E-state index is 0. The predicted molar refractivity (Wildman–Crippen MR) is 40.4 cm³/mol. The normalized spacial score (nSPS) is 3.33. The van der Waals surface area contributed by atoms with Crippen LogP contribution in [-0.4, -0.2) is 0 Å². The van der Waals surface area contributed by atoms with Crippen molar-refractivity contribution in [2.45, 2.75) is 44.5 Å². The maximum atomic E-state index is 5.88. The molecule has 0 bridgehead atoms. The van der Waals surface area contributed by atoms with Gasteiger partial charge in [-0.25, -0.2) is 0 Å². The average molecular weight is 100 g/mol. The Morgan fingerprint density at radius 3 is 0.667 bits per heavy atom. The summed E-state index contributed by atoms with van der Waals surface area (Å²) in [5.74, 6) is 0. The second-order valence-corrected chi connectivity index (χ2v) is 0. The first-order chi connectivity index (χ1) is 1.41. The summed E-state index contributed by atoms with van der Waals surface area (Å²) in [7, 11) is -0.250. The summed E-state index contributed by atoms with van der Waals surface area (Å²) in [4.78, 5) is 0. The van der Waals surface area contributed by atoms with Crippen molar-refractivity contribution in [3.63, 3.8) is 0 Å². The molecule has 0 aromatic heterocycles. The molecule has 0 aromatic rings. The van der Waals surface area contributed by atoms with Gasteiger partial charge in [0.25, 0.3) is 0 Å². The van der Waals surface area contributed by atoms with Gasteiger partial charge < -0.3 is 0 Å². The van der Waals surface area contributed by atoms with Gasteiger partial charge in [0, 0.05) is 2.74 Å². The van der Waals surface area contributed by atoms with E-state index in [-0.39, 0.29) is 44.5 Å². The van der Waals surface area contributed by atoms with E-state index in [0.717, 1.165) is 0 Å². The molecule has 0 unspecified atom stereocenters. The molecular formula is C6H24. The van der Waals surface area contributed by atoms with Gasteiger partial charge in [0.1, 0.15) is 0 Å². The van der Waals surface area contributed by atoms with Crippen LogP contribution in [0.1, 0.15) is 47.3 Å². The Kier molecular flexibility index (Phi) is 0. The third kappa shape index (κ3) is 0. The Morgan fingerprint density at radius 2 is 0.667 bits per heavy atom. The Balaban J connectivity index is -0.00000000200. The molecular weight excluding hydrogens is 72.1 g/mol. The topological polar surface area (TPSA) is 0 Å². The molecule has 0 nitrogen and oxygen atoms in total. The first-order valence-corrected chi connectivity index (χ1v) is 0. The maximum absolute atomic E-state index is 5.88. The van der Waals surface area contributed by atoms with Crippen molar-refractivity contribution in [2.24, 2.45) is 0 Å². The van der Waals surface area contributed by atoms with Crippen molar-refractivity contribution in [3.05, 3.63) is 0 Å². The fourth-order valence-corrected chi connectivity index (χ4v) is 0. The molecule has 0 fully saturated rings. The Bertz CT molecular complexity index is 6.49. The summed E-state index contributed by atoms with van der Waals surface area (Å²) in [6.07, 6.45) is 0. The summed E-state index contributed by atoms with van der Waals surface area (Å²) < 4.78 is 11.8. The molecule has 0 aliphatic carbocycles. The highest BCUT2D eigenvalue weighted by Crippen LogP contribution is 0.149. The zero-order valence-corrected chi connectivity index (χ0v) is 0.707. The molecule has 0 heterocycles. The summed E-state index contributed by atoms with van der Waals surface area (Å²) in [5.41, 5.74) is 0. The van der Waals surface area contributed by atoms with Gasteiger partial charge in [0.05, 0.1) is 0 Å². The quantitative estimate of drug-likeness (QED) is 0.434. The second-order valence-electron chi connectivity index (χ2n) is 0. The zero-order valence-electron chi connectivity index (χ0n) is 2.71. The van der Waals surface area contributed by atoms with Crippen LogP contribution in [0.25, 0.3) is 0 Å². The van der Waals surface area contributed by atoms with Crippen LogP contribution < -0.4 is 0 Å². The Labute approximate surface area is 48.4 Å². The zero-order chi connectivity index (χ0) is 2.71. The number of hydrogen-bond acceptors (Lipinski definition) is 0. The SMILES string of the molecule is C.C.C.C.C.[3H]C[3H]. The maximum Gasteiger partial charge on any atom is 0.0194 e. The molecule has 0 saturated heterocycles. The van der Waals surface area contributed by atoms with Gasteiger partial charge in [-0.2, -0.15) is 0 Å². The van der Waals surface area contributed by atoms with Crippen molar-refractivity contribution in [1.29, 1.82) is 0 Å². The van der Waals surface area contributed by atoms with Gasteiger partial charge in [-0.15, -0.1) is 0 Å². The fraction of sp³-hybridized carbons (Fsp3) is 1.00. The van der Waals surface area contributed by atoms with E-state index in [1.165, 1.54) is 0 Å². The van der Waals surface area contributed by atoms with Crippen molar-refractivity contribution in [1.82, 2.24) is 0 Å². The standard InChI is InChI=1S/6CH4/h6*1H4/i1T2;;;;;. The highest BCUT2D eigenvalue weighted by molar-refractivity contribution is 2.51. The van der Waals surface area contributed by atoms with Crippen LogP contribution in [0.15, 0.2) is 0 Å². The van der Waals surface area contributed by atoms with Gasteiger partial charge in [-0.05, 0) is 0 Å². The monoisotopic (exact) mass is 100 g/mol. The summed E-state index contributed by atoms with van der Waals surface area (Å²) in [6, 6.07) is 0. The third-order valence-corrected chi connectivity index (χ3v) is 0. The largest absolute Gasteiger partial charge is 0.0776 e. The van der Waals surface area contributed by atoms with Crippen LogP contribution in [0, 0.1) is 0 Å². The highest BCUT2D eigenvalue weighted by Gasteiger charge is -0.0726. The highest BCUT2D eigenvalue weighted by atomic mass is 12.0. The van der Waals surface area contributed by atoms with Gasteiger partial charge >= 0.3 is 0 Å². The summed E-state index contributed by atoms with van der Waals surface area (Å²) >= 11 is 0. The molecule has 48 valence electrons. The molecule has 0 saturated carbocycles. The first kappa shape index (κ1) is 37.5. The molecule has 0 aliphatic heterocycles. The van der Waals surface area contributed by atoms with E-state index in [2.05, 4.69) is 0 Å². The fourth-order valence-electron chi connectivity index (χ4n) is 0. The van der Waals surface area contributed by atoms with E-state index < -0.39 is 0 Å². The minimum atomic E-state index is -0.250.